The van der Waals surface area contributed by atoms with Gasteiger partial charge >= 0.3 is 0 Å². The van der Waals surface area contributed by atoms with E-state index < -0.39 is 9.84 Å². The fourth-order valence-electron chi connectivity index (χ4n) is 3.26. The molecule has 27 heavy (non-hydrogen) atoms. The van der Waals surface area contributed by atoms with Crippen LogP contribution in [-0.4, -0.2) is 46.3 Å². The van der Waals surface area contributed by atoms with Gasteiger partial charge in [0.05, 0.1) is 17.3 Å². The van der Waals surface area contributed by atoms with Crippen LogP contribution in [0.2, 0.25) is 0 Å². The first-order valence-electron chi connectivity index (χ1n) is 8.83. The van der Waals surface area contributed by atoms with Gasteiger partial charge in [-0.15, -0.1) is 10.2 Å². The van der Waals surface area contributed by atoms with Crippen molar-refractivity contribution in [1.82, 2.24) is 14.8 Å². The molecule has 1 atom stereocenters. The molecule has 1 aromatic heterocycles. The number of amides is 1. The van der Waals surface area contributed by atoms with Crippen LogP contribution < -0.4 is 5.32 Å². The van der Waals surface area contributed by atoms with Gasteiger partial charge in [-0.25, -0.2) is 8.42 Å². The van der Waals surface area contributed by atoms with E-state index in [1.165, 1.54) is 11.8 Å². The van der Waals surface area contributed by atoms with Crippen molar-refractivity contribution in [3.05, 3.63) is 35.2 Å². The van der Waals surface area contributed by atoms with Gasteiger partial charge in [0.1, 0.15) is 5.82 Å². The van der Waals surface area contributed by atoms with Crippen LogP contribution in [0.1, 0.15) is 23.4 Å². The Kier molecular flexibility index (Phi) is 5.90. The van der Waals surface area contributed by atoms with Crippen LogP contribution in [0.5, 0.6) is 0 Å². The number of aryl methyl sites for hydroxylation is 2. The molecule has 2 heterocycles. The molecular formula is C18H24N4O3S2. The molecule has 1 N–H and O–H groups in total. The maximum atomic E-state index is 12.3. The topological polar surface area (TPSA) is 94.0 Å². The maximum Gasteiger partial charge on any atom is 0.234 e. The summed E-state index contributed by atoms with van der Waals surface area (Å²) in [6.07, 6.45) is 1.27. The molecule has 0 unspecified atom stereocenters. The Labute approximate surface area is 163 Å². The molecule has 7 nitrogen and oxygen atoms in total. The van der Waals surface area contributed by atoms with Crippen LogP contribution >= 0.6 is 11.8 Å². The number of carbonyl (C=O) groups is 1. The Morgan fingerprint density at radius 3 is 2.63 bits per heavy atom. The average molecular weight is 409 g/mol. The van der Waals surface area contributed by atoms with Crippen molar-refractivity contribution in [3.63, 3.8) is 0 Å². The molecule has 1 aromatic carbocycles. The van der Waals surface area contributed by atoms with Crippen LogP contribution in [0.25, 0.3) is 0 Å². The van der Waals surface area contributed by atoms with Gasteiger partial charge in [-0.05, 0) is 37.3 Å². The third-order valence-electron chi connectivity index (χ3n) is 4.80. The van der Waals surface area contributed by atoms with E-state index >= 15 is 0 Å². The Bertz CT molecular complexity index is 933. The molecule has 3 rings (SSSR count). The molecule has 9 heteroatoms. The quantitative estimate of drug-likeness (QED) is 0.736. The van der Waals surface area contributed by atoms with E-state index in [1.807, 2.05) is 43.7 Å². The van der Waals surface area contributed by atoms with Crippen molar-refractivity contribution < 1.29 is 13.2 Å². The first-order valence-corrected chi connectivity index (χ1v) is 11.6. The molecule has 146 valence electrons. The minimum Gasteiger partial charge on any atom is -0.325 e. The van der Waals surface area contributed by atoms with Crippen molar-refractivity contribution >= 4 is 33.2 Å². The summed E-state index contributed by atoms with van der Waals surface area (Å²) < 4.78 is 25.1. The summed E-state index contributed by atoms with van der Waals surface area (Å²) in [6.45, 7) is 3.93. The Morgan fingerprint density at radius 2 is 2.00 bits per heavy atom. The van der Waals surface area contributed by atoms with Crippen LogP contribution in [0.15, 0.2) is 23.4 Å². The SMILES string of the molecule is Cc1cccc(C)c1NC(=O)CSc1nnc(C[C@H]2CCS(=O)(=O)C2)n1C. The Hall–Kier alpha value is -1.87. The minimum absolute atomic E-state index is 0.0937. The zero-order valence-corrected chi connectivity index (χ0v) is 17.4. The lowest BCUT2D eigenvalue weighted by molar-refractivity contribution is -0.113. The summed E-state index contributed by atoms with van der Waals surface area (Å²) in [7, 11) is -1.04. The Balaban J connectivity index is 1.57. The summed E-state index contributed by atoms with van der Waals surface area (Å²) in [4.78, 5) is 12.3. The second-order valence-corrected chi connectivity index (χ2v) is 10.2. The van der Waals surface area contributed by atoms with Gasteiger partial charge in [-0.2, -0.15) is 0 Å². The van der Waals surface area contributed by atoms with Crippen molar-refractivity contribution in [2.75, 3.05) is 22.6 Å². The third-order valence-corrected chi connectivity index (χ3v) is 7.66. The van der Waals surface area contributed by atoms with E-state index in [2.05, 4.69) is 15.5 Å². The molecule has 1 amide bonds. The number of aromatic nitrogens is 3. The normalized spacial score (nSPS) is 18.6. The summed E-state index contributed by atoms with van der Waals surface area (Å²) in [5, 5.41) is 12.0. The lowest BCUT2D eigenvalue weighted by Crippen LogP contribution is -2.16. The molecule has 0 radical (unpaired) electrons. The van der Waals surface area contributed by atoms with E-state index in [0.717, 1.165) is 22.6 Å². The molecule has 2 aromatic rings. The minimum atomic E-state index is -2.90. The number of nitrogens with zero attached hydrogens (tertiary/aromatic N) is 3. The zero-order chi connectivity index (χ0) is 19.6. The third kappa shape index (κ3) is 4.90. The molecular weight excluding hydrogens is 384 g/mol. The number of rotatable bonds is 6. The summed E-state index contributed by atoms with van der Waals surface area (Å²) in [5.74, 6) is 1.48. The van der Waals surface area contributed by atoms with Crippen LogP contribution in [0.3, 0.4) is 0 Å². The highest BCUT2D eigenvalue weighted by atomic mass is 32.2. The lowest BCUT2D eigenvalue weighted by Gasteiger charge is -2.11. The average Bonchev–Trinajstić information content (AvgIpc) is 3.12. The molecule has 0 spiro atoms. The summed E-state index contributed by atoms with van der Waals surface area (Å²) >= 11 is 1.32. The van der Waals surface area contributed by atoms with E-state index in [9.17, 15) is 13.2 Å². The lowest BCUT2D eigenvalue weighted by atomic mass is 10.1. The highest BCUT2D eigenvalue weighted by Crippen LogP contribution is 2.24. The summed E-state index contributed by atoms with van der Waals surface area (Å²) in [6, 6.07) is 5.90. The van der Waals surface area contributed by atoms with Gasteiger partial charge in [0.15, 0.2) is 15.0 Å². The van der Waals surface area contributed by atoms with Crippen LogP contribution in [0, 0.1) is 19.8 Å². The molecule has 0 saturated carbocycles. The fourth-order valence-corrected chi connectivity index (χ4v) is 5.85. The number of hydrogen-bond acceptors (Lipinski definition) is 6. The smallest absolute Gasteiger partial charge is 0.234 e. The van der Waals surface area contributed by atoms with Gasteiger partial charge in [-0.1, -0.05) is 30.0 Å². The highest BCUT2D eigenvalue weighted by molar-refractivity contribution is 7.99. The summed E-state index contributed by atoms with van der Waals surface area (Å²) in [5.41, 5.74) is 2.91. The fraction of sp³-hybridized carbons (Fsp3) is 0.500. The number of benzene rings is 1. The number of nitrogens with one attached hydrogen (secondary N) is 1. The largest absolute Gasteiger partial charge is 0.325 e. The molecule has 0 bridgehead atoms. The van der Waals surface area contributed by atoms with Crippen molar-refractivity contribution in [1.29, 1.82) is 0 Å². The van der Waals surface area contributed by atoms with Gasteiger partial charge in [0, 0.05) is 19.2 Å². The monoisotopic (exact) mass is 408 g/mol. The number of thioether (sulfide) groups is 1. The highest BCUT2D eigenvalue weighted by Gasteiger charge is 2.29. The second kappa shape index (κ2) is 8.02. The number of sulfone groups is 1. The van der Waals surface area contributed by atoms with E-state index in [-0.39, 0.29) is 29.1 Å². The van der Waals surface area contributed by atoms with Crippen LogP contribution in [-0.2, 0) is 28.1 Å². The molecule has 1 fully saturated rings. The van der Waals surface area contributed by atoms with E-state index in [1.54, 1.807) is 0 Å². The van der Waals surface area contributed by atoms with Crippen molar-refractivity contribution in [2.24, 2.45) is 13.0 Å². The zero-order valence-electron chi connectivity index (χ0n) is 15.7. The van der Waals surface area contributed by atoms with Gasteiger partial charge in [0.2, 0.25) is 5.91 Å². The van der Waals surface area contributed by atoms with Crippen LogP contribution in [0.4, 0.5) is 5.69 Å². The maximum absolute atomic E-state index is 12.3. The Morgan fingerprint density at radius 1 is 1.30 bits per heavy atom. The first-order chi connectivity index (χ1) is 12.7. The van der Waals surface area contributed by atoms with Gasteiger partial charge in [-0.3, -0.25) is 4.79 Å². The second-order valence-electron chi connectivity index (χ2n) is 7.03. The predicted octanol–water partition coefficient (Wildman–Crippen LogP) is 2.14. The molecule has 1 aliphatic heterocycles. The first kappa shape index (κ1) is 19.9. The molecule has 1 saturated heterocycles. The van der Waals surface area contributed by atoms with Gasteiger partial charge < -0.3 is 9.88 Å². The number of anilines is 1. The van der Waals surface area contributed by atoms with Gasteiger partial charge in [0.25, 0.3) is 0 Å². The van der Waals surface area contributed by atoms with Crippen molar-refractivity contribution in [2.45, 2.75) is 31.8 Å². The van der Waals surface area contributed by atoms with E-state index in [0.29, 0.717) is 18.0 Å². The number of para-hydroxylation sites is 1. The predicted molar refractivity (Wildman–Crippen MR) is 107 cm³/mol. The molecule has 1 aliphatic rings. The van der Waals surface area contributed by atoms with E-state index in [4.69, 9.17) is 0 Å². The standard InChI is InChI=1S/C18H24N4O3S2/c1-12-5-4-6-13(2)17(12)19-16(23)10-26-18-21-20-15(22(18)3)9-14-7-8-27(24,25)11-14/h4-6,14H,7-11H2,1-3H3,(H,19,23)/t14-/m1/s1. The number of hydrogen-bond donors (Lipinski definition) is 1. The van der Waals surface area contributed by atoms with Crippen molar-refractivity contribution in [3.8, 4) is 0 Å². The molecule has 0 aliphatic carbocycles. The number of carbonyl (C=O) groups excluding carboxylic acids is 1.